The molecule has 0 unspecified atom stereocenters. The number of nitrogens with zero attached hydrogens (tertiary/aromatic N) is 3. The average molecular weight is 314 g/mol. The van der Waals surface area contributed by atoms with Crippen LogP contribution in [0.1, 0.15) is 5.82 Å². The van der Waals surface area contributed by atoms with Crippen LogP contribution in [-0.4, -0.2) is 38.7 Å². The Morgan fingerprint density at radius 2 is 1.95 bits per heavy atom. The average Bonchev–Trinajstić information content (AvgIpc) is 2.80. The molecule has 1 aromatic carbocycles. The van der Waals surface area contributed by atoms with Crippen LogP contribution >= 0.6 is 0 Å². The van der Waals surface area contributed by atoms with Crippen molar-refractivity contribution in [2.45, 2.75) is 19.1 Å². The Morgan fingerprint density at radius 3 is 2.55 bits per heavy atom. The van der Waals surface area contributed by atoms with Crippen molar-refractivity contribution in [3.05, 3.63) is 36.2 Å². The van der Waals surface area contributed by atoms with Gasteiger partial charge in [-0.1, -0.05) is 30.3 Å². The molecule has 0 aliphatic rings. The predicted octanol–water partition coefficient (Wildman–Crippen LogP) is 2.32. The van der Waals surface area contributed by atoms with E-state index in [4.69, 9.17) is 5.11 Å². The van der Waals surface area contributed by atoms with Gasteiger partial charge in [0.05, 0.1) is 0 Å². The summed E-state index contributed by atoms with van der Waals surface area (Å²) in [6, 6.07) is 8.60. The predicted molar refractivity (Wildman–Crippen MR) is 71.2 cm³/mol. The molecule has 9 heteroatoms. The fourth-order valence-corrected chi connectivity index (χ4v) is 1.85. The van der Waals surface area contributed by atoms with Crippen molar-refractivity contribution in [1.82, 2.24) is 20.1 Å². The lowest BCUT2D eigenvalue weighted by molar-refractivity contribution is -0.143. The van der Waals surface area contributed by atoms with Crippen LogP contribution < -0.4 is 5.32 Å². The maximum Gasteiger partial charge on any atom is 0.408 e. The molecule has 0 radical (unpaired) electrons. The highest BCUT2D eigenvalue weighted by atomic mass is 19.4. The highest BCUT2D eigenvalue weighted by Gasteiger charge is 2.30. The summed E-state index contributed by atoms with van der Waals surface area (Å²) in [5.74, 6) is 0.250. The van der Waals surface area contributed by atoms with Gasteiger partial charge in [0.2, 0.25) is 0 Å². The molecule has 6 nitrogen and oxygen atoms in total. The summed E-state index contributed by atoms with van der Waals surface area (Å²) in [4.78, 5) is 14.5. The van der Waals surface area contributed by atoms with Crippen LogP contribution in [0, 0.1) is 0 Å². The van der Waals surface area contributed by atoms with Crippen LogP contribution in [-0.2, 0) is 13.0 Å². The minimum atomic E-state index is -4.43. The highest BCUT2D eigenvalue weighted by molar-refractivity contribution is 5.64. The maximum atomic E-state index is 12.6. The molecular weight excluding hydrogens is 301 g/mol. The Kier molecular flexibility index (Phi) is 4.64. The van der Waals surface area contributed by atoms with Crippen molar-refractivity contribution in [2.75, 3.05) is 6.54 Å². The fourth-order valence-electron chi connectivity index (χ4n) is 1.85. The first-order valence-corrected chi connectivity index (χ1v) is 6.38. The number of alkyl halides is 3. The quantitative estimate of drug-likeness (QED) is 0.887. The van der Waals surface area contributed by atoms with E-state index in [9.17, 15) is 18.0 Å². The summed E-state index contributed by atoms with van der Waals surface area (Å²) in [5, 5.41) is 14.5. The number of hydrogen-bond acceptors (Lipinski definition) is 3. The van der Waals surface area contributed by atoms with Crippen molar-refractivity contribution in [2.24, 2.45) is 0 Å². The van der Waals surface area contributed by atoms with E-state index in [0.29, 0.717) is 5.56 Å². The maximum absolute atomic E-state index is 12.6. The molecule has 0 saturated carbocycles. The molecule has 0 aliphatic heterocycles. The number of nitrogens with one attached hydrogen (secondary N) is 1. The third-order valence-corrected chi connectivity index (χ3v) is 2.73. The van der Waals surface area contributed by atoms with E-state index in [1.807, 2.05) is 0 Å². The van der Waals surface area contributed by atoms with Crippen molar-refractivity contribution in [3.8, 4) is 11.4 Å². The molecule has 2 aromatic rings. The van der Waals surface area contributed by atoms with Crippen LogP contribution in [0.25, 0.3) is 11.4 Å². The summed E-state index contributed by atoms with van der Waals surface area (Å²) in [7, 11) is 0. The summed E-state index contributed by atoms with van der Waals surface area (Å²) in [6.07, 6.45) is -5.66. The van der Waals surface area contributed by atoms with Gasteiger partial charge >= 0.3 is 12.3 Å². The van der Waals surface area contributed by atoms with Crippen molar-refractivity contribution < 1.29 is 23.1 Å². The second kappa shape index (κ2) is 6.46. The molecule has 0 fully saturated rings. The lowest BCUT2D eigenvalue weighted by Gasteiger charge is -2.08. The highest BCUT2D eigenvalue weighted by Crippen LogP contribution is 2.21. The van der Waals surface area contributed by atoms with E-state index in [-0.39, 0.29) is 24.6 Å². The molecule has 1 aromatic heterocycles. The number of benzene rings is 1. The van der Waals surface area contributed by atoms with Gasteiger partial charge in [-0.15, -0.1) is 0 Å². The number of carboxylic acid groups (broad SMARTS) is 1. The Morgan fingerprint density at radius 1 is 1.27 bits per heavy atom. The van der Waals surface area contributed by atoms with E-state index in [0.717, 1.165) is 4.68 Å². The van der Waals surface area contributed by atoms with Gasteiger partial charge in [-0.05, 0) is 0 Å². The number of halogens is 3. The van der Waals surface area contributed by atoms with Gasteiger partial charge in [-0.2, -0.15) is 18.3 Å². The number of rotatable bonds is 5. The van der Waals surface area contributed by atoms with Gasteiger partial charge < -0.3 is 10.4 Å². The van der Waals surface area contributed by atoms with E-state index in [2.05, 4.69) is 15.4 Å². The van der Waals surface area contributed by atoms with Gasteiger partial charge in [0, 0.05) is 18.5 Å². The zero-order chi connectivity index (χ0) is 16.2. The van der Waals surface area contributed by atoms with Gasteiger partial charge in [-0.25, -0.2) is 14.5 Å². The lowest BCUT2D eigenvalue weighted by Crippen LogP contribution is -2.26. The van der Waals surface area contributed by atoms with E-state index in [1.165, 1.54) is 0 Å². The Hall–Kier alpha value is -2.58. The summed E-state index contributed by atoms with van der Waals surface area (Å²) in [5.41, 5.74) is 0.593. The van der Waals surface area contributed by atoms with E-state index < -0.39 is 18.8 Å². The number of carbonyl (C=O) groups is 1. The first kappa shape index (κ1) is 15.8. The second-order valence-electron chi connectivity index (χ2n) is 4.47. The Labute approximate surface area is 123 Å². The topological polar surface area (TPSA) is 80.0 Å². The monoisotopic (exact) mass is 314 g/mol. The normalized spacial score (nSPS) is 11.4. The van der Waals surface area contributed by atoms with Crippen LogP contribution in [0.4, 0.5) is 18.0 Å². The molecule has 22 heavy (non-hydrogen) atoms. The zero-order valence-electron chi connectivity index (χ0n) is 11.3. The molecule has 0 atom stereocenters. The SMILES string of the molecule is O=C(O)NCCc1nc(-c2ccccc2)nn1CC(F)(F)F. The first-order valence-electron chi connectivity index (χ1n) is 6.38. The van der Waals surface area contributed by atoms with Crippen molar-refractivity contribution in [3.63, 3.8) is 0 Å². The second-order valence-corrected chi connectivity index (χ2v) is 4.47. The van der Waals surface area contributed by atoms with E-state index in [1.54, 1.807) is 30.3 Å². The van der Waals surface area contributed by atoms with Crippen molar-refractivity contribution >= 4 is 6.09 Å². The molecule has 1 amide bonds. The fraction of sp³-hybridized carbons (Fsp3) is 0.308. The minimum absolute atomic E-state index is 0.0161. The molecule has 2 rings (SSSR count). The van der Waals surface area contributed by atoms with Gasteiger partial charge in [0.25, 0.3) is 0 Å². The molecule has 0 bridgehead atoms. The van der Waals surface area contributed by atoms with Crippen molar-refractivity contribution in [1.29, 1.82) is 0 Å². The lowest BCUT2D eigenvalue weighted by atomic mass is 10.2. The first-order chi connectivity index (χ1) is 10.3. The molecule has 1 heterocycles. The Bertz CT molecular complexity index is 640. The summed E-state index contributed by atoms with van der Waals surface area (Å²) >= 11 is 0. The minimum Gasteiger partial charge on any atom is -0.465 e. The van der Waals surface area contributed by atoms with Gasteiger partial charge in [0.15, 0.2) is 5.82 Å². The molecule has 118 valence electrons. The molecule has 0 spiro atoms. The number of hydrogen-bond donors (Lipinski definition) is 2. The Balaban J connectivity index is 2.24. The smallest absolute Gasteiger partial charge is 0.408 e. The summed E-state index contributed by atoms with van der Waals surface area (Å²) < 4.78 is 38.5. The summed E-state index contributed by atoms with van der Waals surface area (Å²) in [6.45, 7) is -1.31. The molecule has 0 aliphatic carbocycles. The van der Waals surface area contributed by atoms with Gasteiger partial charge in [0.1, 0.15) is 12.4 Å². The van der Waals surface area contributed by atoms with Gasteiger partial charge in [-0.3, -0.25) is 0 Å². The van der Waals surface area contributed by atoms with Crippen LogP contribution in [0.5, 0.6) is 0 Å². The van der Waals surface area contributed by atoms with E-state index >= 15 is 0 Å². The standard InChI is InChI=1S/C13H13F3N4O2/c14-13(15,16)8-20-10(6-7-17-12(21)22)18-11(19-20)9-4-2-1-3-5-9/h1-5,17H,6-8H2,(H,21,22). The third kappa shape index (κ3) is 4.47. The third-order valence-electron chi connectivity index (χ3n) is 2.73. The van der Waals surface area contributed by atoms with Crippen LogP contribution in [0.2, 0.25) is 0 Å². The zero-order valence-corrected chi connectivity index (χ0v) is 11.3. The van der Waals surface area contributed by atoms with Crippen LogP contribution in [0.3, 0.4) is 0 Å². The molecule has 2 N–H and O–H groups in total. The van der Waals surface area contributed by atoms with Crippen LogP contribution in [0.15, 0.2) is 30.3 Å². The number of amides is 1. The molecular formula is C13H13F3N4O2. The number of aromatic nitrogens is 3. The largest absolute Gasteiger partial charge is 0.465 e. The molecule has 0 saturated heterocycles.